The Bertz CT molecular complexity index is 362. The molecule has 1 aromatic rings. The first-order valence-electron chi connectivity index (χ1n) is 4.09. The predicted molar refractivity (Wildman–Crippen MR) is 52.2 cm³/mol. The Morgan fingerprint density at radius 2 is 2.14 bits per heavy atom. The fraction of sp³-hybridized carbons (Fsp3) is 0.300. The lowest BCUT2D eigenvalue weighted by molar-refractivity contribution is -0.136. The first-order valence-corrected chi connectivity index (χ1v) is 4.47. The average molecular weight is 217 g/mol. The molecule has 0 fully saturated rings. The van der Waals surface area contributed by atoms with Crippen LogP contribution in [0.25, 0.3) is 0 Å². The highest BCUT2D eigenvalue weighted by Crippen LogP contribution is 2.25. The van der Waals surface area contributed by atoms with Crippen molar-refractivity contribution in [2.45, 2.75) is 20.3 Å². The van der Waals surface area contributed by atoms with Crippen molar-refractivity contribution in [1.29, 1.82) is 0 Å². The van der Waals surface area contributed by atoms with Gasteiger partial charge in [0.25, 0.3) is 0 Å². The molecule has 0 aromatic heterocycles. The van der Waals surface area contributed by atoms with Gasteiger partial charge in [-0.15, -0.1) is 0 Å². The van der Waals surface area contributed by atoms with Crippen LogP contribution in [-0.4, -0.2) is 11.1 Å². The molecular weight excluding hydrogens is 207 g/mol. The van der Waals surface area contributed by atoms with Gasteiger partial charge in [0.2, 0.25) is 0 Å². The molecule has 0 spiro atoms. The van der Waals surface area contributed by atoms with E-state index in [1.807, 2.05) is 0 Å². The fourth-order valence-corrected chi connectivity index (χ4v) is 1.55. The minimum absolute atomic E-state index is 0.169. The maximum absolute atomic E-state index is 13.5. The Labute approximate surface area is 86.3 Å². The van der Waals surface area contributed by atoms with Gasteiger partial charge in [-0.1, -0.05) is 11.6 Å². The summed E-state index contributed by atoms with van der Waals surface area (Å²) >= 11 is 5.81. The monoisotopic (exact) mass is 216 g/mol. The Morgan fingerprint density at radius 3 is 2.64 bits per heavy atom. The van der Waals surface area contributed by atoms with E-state index in [1.165, 1.54) is 6.07 Å². The Balaban J connectivity index is 3.31. The number of rotatable bonds is 2. The van der Waals surface area contributed by atoms with Gasteiger partial charge in [-0.2, -0.15) is 0 Å². The molecule has 0 saturated heterocycles. The highest BCUT2D eigenvalue weighted by atomic mass is 35.5. The van der Waals surface area contributed by atoms with Gasteiger partial charge in [0.15, 0.2) is 0 Å². The Kier molecular flexibility index (Phi) is 3.11. The van der Waals surface area contributed by atoms with Crippen molar-refractivity contribution in [2.75, 3.05) is 0 Å². The normalized spacial score (nSPS) is 10.3. The molecule has 0 amide bonds. The zero-order valence-electron chi connectivity index (χ0n) is 7.90. The minimum Gasteiger partial charge on any atom is -0.481 e. The molecule has 0 bridgehead atoms. The summed E-state index contributed by atoms with van der Waals surface area (Å²) in [5.41, 5.74) is 1.04. The average Bonchev–Trinajstić information content (AvgIpc) is 2.09. The highest BCUT2D eigenvalue weighted by Gasteiger charge is 2.14. The van der Waals surface area contributed by atoms with E-state index in [4.69, 9.17) is 16.7 Å². The summed E-state index contributed by atoms with van der Waals surface area (Å²) in [5, 5.41) is 8.99. The summed E-state index contributed by atoms with van der Waals surface area (Å²) in [6, 6.07) is 1.50. The van der Waals surface area contributed by atoms with Crippen LogP contribution in [-0.2, 0) is 11.2 Å². The van der Waals surface area contributed by atoms with Gasteiger partial charge < -0.3 is 5.11 Å². The van der Waals surface area contributed by atoms with E-state index in [2.05, 4.69) is 0 Å². The maximum atomic E-state index is 13.5. The lowest BCUT2D eigenvalue weighted by atomic mass is 10.0. The number of hydrogen-bond acceptors (Lipinski definition) is 1. The van der Waals surface area contributed by atoms with Crippen LogP contribution in [0.3, 0.4) is 0 Å². The molecule has 4 heteroatoms. The first kappa shape index (κ1) is 11.0. The molecule has 1 N–H and O–H groups in total. The van der Waals surface area contributed by atoms with Crippen LogP contribution in [0.2, 0.25) is 5.02 Å². The molecule has 0 aliphatic rings. The third-order valence-corrected chi connectivity index (χ3v) is 2.49. The molecule has 0 saturated carbocycles. The molecule has 76 valence electrons. The number of aliphatic carboxylic acids is 1. The van der Waals surface area contributed by atoms with Crippen molar-refractivity contribution in [2.24, 2.45) is 0 Å². The molecule has 2 nitrogen and oxygen atoms in total. The molecule has 14 heavy (non-hydrogen) atoms. The number of benzene rings is 1. The second-order valence-electron chi connectivity index (χ2n) is 3.16. The lowest BCUT2D eigenvalue weighted by Gasteiger charge is -2.09. The van der Waals surface area contributed by atoms with Crippen LogP contribution in [0.5, 0.6) is 0 Å². The van der Waals surface area contributed by atoms with E-state index < -0.39 is 11.8 Å². The van der Waals surface area contributed by atoms with Crippen LogP contribution < -0.4 is 0 Å². The van der Waals surface area contributed by atoms with Gasteiger partial charge in [-0.25, -0.2) is 4.39 Å². The number of halogens is 2. The largest absolute Gasteiger partial charge is 0.481 e. The van der Waals surface area contributed by atoms with Crippen molar-refractivity contribution in [3.8, 4) is 0 Å². The van der Waals surface area contributed by atoms with E-state index in [-0.39, 0.29) is 12.0 Å². The van der Waals surface area contributed by atoms with E-state index in [0.717, 1.165) is 0 Å². The van der Waals surface area contributed by atoms with Gasteiger partial charge in [-0.3, -0.25) is 4.79 Å². The summed E-state index contributed by atoms with van der Waals surface area (Å²) < 4.78 is 13.5. The van der Waals surface area contributed by atoms with E-state index in [9.17, 15) is 9.18 Å². The third-order valence-electron chi connectivity index (χ3n) is 2.09. The van der Waals surface area contributed by atoms with Crippen LogP contribution in [0, 0.1) is 19.7 Å². The summed E-state index contributed by atoms with van der Waals surface area (Å²) in [4.78, 5) is 10.5. The molecule has 0 atom stereocenters. The number of hydrogen-bond donors (Lipinski definition) is 1. The maximum Gasteiger partial charge on any atom is 0.307 e. The number of carboxylic acids is 1. The SMILES string of the molecule is Cc1cc(Cl)c(C)c(CC(=O)O)c1F. The first-order chi connectivity index (χ1) is 6.43. The summed E-state index contributed by atoms with van der Waals surface area (Å²) in [6.07, 6.45) is -0.334. The summed E-state index contributed by atoms with van der Waals surface area (Å²) in [5.74, 6) is -1.54. The van der Waals surface area contributed by atoms with Gasteiger partial charge in [0.05, 0.1) is 6.42 Å². The summed E-state index contributed by atoms with van der Waals surface area (Å²) in [6.45, 7) is 3.18. The number of carboxylic acid groups (broad SMARTS) is 1. The summed E-state index contributed by atoms with van der Waals surface area (Å²) in [7, 11) is 0. The van der Waals surface area contributed by atoms with Gasteiger partial charge >= 0.3 is 5.97 Å². The molecule has 1 rings (SSSR count). The fourth-order valence-electron chi connectivity index (χ4n) is 1.27. The quantitative estimate of drug-likeness (QED) is 0.826. The van der Waals surface area contributed by atoms with E-state index >= 15 is 0 Å². The highest BCUT2D eigenvalue weighted by molar-refractivity contribution is 6.31. The minimum atomic E-state index is -1.06. The predicted octanol–water partition coefficient (Wildman–Crippen LogP) is 2.72. The molecular formula is C10H10ClFO2. The zero-order valence-corrected chi connectivity index (χ0v) is 8.65. The Morgan fingerprint density at radius 1 is 1.57 bits per heavy atom. The van der Waals surface area contributed by atoms with Crippen molar-refractivity contribution in [1.82, 2.24) is 0 Å². The second kappa shape index (κ2) is 3.96. The molecule has 0 unspecified atom stereocenters. The van der Waals surface area contributed by atoms with Gasteiger partial charge in [0, 0.05) is 10.6 Å². The Hall–Kier alpha value is -1.09. The van der Waals surface area contributed by atoms with E-state index in [1.54, 1.807) is 13.8 Å². The molecule has 1 aromatic carbocycles. The smallest absolute Gasteiger partial charge is 0.307 e. The van der Waals surface area contributed by atoms with Crippen LogP contribution in [0.4, 0.5) is 4.39 Å². The lowest BCUT2D eigenvalue weighted by Crippen LogP contribution is -2.06. The van der Waals surface area contributed by atoms with E-state index in [0.29, 0.717) is 16.1 Å². The van der Waals surface area contributed by atoms with Crippen LogP contribution in [0.15, 0.2) is 6.07 Å². The second-order valence-corrected chi connectivity index (χ2v) is 3.57. The van der Waals surface area contributed by atoms with Gasteiger partial charge in [0.1, 0.15) is 5.82 Å². The third kappa shape index (κ3) is 2.04. The van der Waals surface area contributed by atoms with Crippen LogP contribution in [0.1, 0.15) is 16.7 Å². The molecule has 0 aliphatic heterocycles. The topological polar surface area (TPSA) is 37.3 Å². The van der Waals surface area contributed by atoms with Crippen molar-refractivity contribution in [3.05, 3.63) is 33.6 Å². The van der Waals surface area contributed by atoms with Crippen molar-refractivity contribution >= 4 is 17.6 Å². The number of aryl methyl sites for hydroxylation is 1. The molecule has 0 radical (unpaired) electrons. The van der Waals surface area contributed by atoms with Crippen molar-refractivity contribution in [3.63, 3.8) is 0 Å². The van der Waals surface area contributed by atoms with Crippen LogP contribution >= 0.6 is 11.6 Å². The van der Waals surface area contributed by atoms with Crippen molar-refractivity contribution < 1.29 is 14.3 Å². The molecule has 0 aliphatic carbocycles. The standard InChI is InChI=1S/C10H10ClFO2/c1-5-3-8(11)6(2)7(10(5)12)4-9(13)14/h3H,4H2,1-2H3,(H,13,14). The molecule has 0 heterocycles. The van der Waals surface area contributed by atoms with Gasteiger partial charge in [-0.05, 0) is 31.0 Å². The zero-order chi connectivity index (χ0) is 10.9. The number of carbonyl (C=O) groups is 1.